The third-order valence-corrected chi connectivity index (χ3v) is 3.25. The van der Waals surface area contributed by atoms with E-state index in [1.54, 1.807) is 24.3 Å². The van der Waals surface area contributed by atoms with Crippen LogP contribution in [0.3, 0.4) is 0 Å². The second-order valence-corrected chi connectivity index (χ2v) is 4.51. The molecule has 1 saturated heterocycles. The fraction of sp³-hybridized carbons (Fsp3) is 0.417. The SMILES string of the molecule is CN(C(=O)c1ccc(Cl)cc1)[C@@H]1CCNC1.Cl. The summed E-state index contributed by atoms with van der Waals surface area (Å²) in [4.78, 5) is 13.9. The average molecular weight is 275 g/mol. The Morgan fingerprint density at radius 3 is 2.59 bits per heavy atom. The van der Waals surface area contributed by atoms with Gasteiger partial charge in [-0.15, -0.1) is 12.4 Å². The molecule has 1 aromatic rings. The zero-order valence-electron chi connectivity index (χ0n) is 9.65. The van der Waals surface area contributed by atoms with Crippen LogP contribution in [0.25, 0.3) is 0 Å². The van der Waals surface area contributed by atoms with Gasteiger partial charge in [0.25, 0.3) is 5.91 Å². The zero-order chi connectivity index (χ0) is 11.5. The van der Waals surface area contributed by atoms with Gasteiger partial charge in [0.2, 0.25) is 0 Å². The molecule has 5 heteroatoms. The van der Waals surface area contributed by atoms with Gasteiger partial charge >= 0.3 is 0 Å². The number of carbonyl (C=O) groups excluding carboxylic acids is 1. The molecule has 0 bridgehead atoms. The molecule has 0 aromatic heterocycles. The van der Waals surface area contributed by atoms with Crippen LogP contribution in [0.15, 0.2) is 24.3 Å². The van der Waals surface area contributed by atoms with Gasteiger partial charge < -0.3 is 10.2 Å². The maximum atomic E-state index is 12.1. The average Bonchev–Trinajstić information content (AvgIpc) is 2.81. The van der Waals surface area contributed by atoms with E-state index in [2.05, 4.69) is 5.32 Å². The Kier molecular flexibility index (Phi) is 5.25. The highest BCUT2D eigenvalue weighted by atomic mass is 35.5. The monoisotopic (exact) mass is 274 g/mol. The number of halogens is 2. The van der Waals surface area contributed by atoms with Crippen molar-refractivity contribution in [3.63, 3.8) is 0 Å². The Morgan fingerprint density at radius 1 is 1.41 bits per heavy atom. The maximum Gasteiger partial charge on any atom is 0.253 e. The van der Waals surface area contributed by atoms with Gasteiger partial charge in [-0.3, -0.25) is 4.79 Å². The minimum absolute atomic E-state index is 0. The normalized spacial score (nSPS) is 18.6. The third-order valence-electron chi connectivity index (χ3n) is 2.99. The molecule has 1 heterocycles. The topological polar surface area (TPSA) is 32.3 Å². The lowest BCUT2D eigenvalue weighted by Crippen LogP contribution is -2.38. The minimum Gasteiger partial charge on any atom is -0.337 e. The fourth-order valence-electron chi connectivity index (χ4n) is 1.93. The minimum atomic E-state index is 0. The standard InChI is InChI=1S/C12H15ClN2O.ClH/c1-15(11-6-7-14-8-11)12(16)9-2-4-10(13)5-3-9;/h2-5,11,14H,6-8H2,1H3;1H/t11-;/m1./s1. The Morgan fingerprint density at radius 2 is 2.06 bits per heavy atom. The van der Waals surface area contributed by atoms with Crippen LogP contribution >= 0.6 is 24.0 Å². The molecule has 1 aliphatic rings. The summed E-state index contributed by atoms with van der Waals surface area (Å²) in [6, 6.07) is 7.33. The summed E-state index contributed by atoms with van der Waals surface area (Å²) < 4.78 is 0. The molecule has 2 rings (SSSR count). The lowest BCUT2D eigenvalue weighted by atomic mass is 10.1. The molecule has 1 atom stereocenters. The molecule has 1 fully saturated rings. The molecule has 1 amide bonds. The van der Waals surface area contributed by atoms with Crippen LogP contribution in [0.2, 0.25) is 5.02 Å². The van der Waals surface area contributed by atoms with E-state index < -0.39 is 0 Å². The van der Waals surface area contributed by atoms with E-state index in [9.17, 15) is 4.79 Å². The molecule has 0 radical (unpaired) electrons. The van der Waals surface area contributed by atoms with Crippen molar-refractivity contribution >= 4 is 29.9 Å². The molecule has 0 saturated carbocycles. The molecule has 1 aliphatic heterocycles. The van der Waals surface area contributed by atoms with Crippen molar-refractivity contribution in [2.24, 2.45) is 0 Å². The number of rotatable bonds is 2. The largest absolute Gasteiger partial charge is 0.337 e. The zero-order valence-corrected chi connectivity index (χ0v) is 11.2. The summed E-state index contributed by atoms with van der Waals surface area (Å²) in [5.74, 6) is 0.0605. The maximum absolute atomic E-state index is 12.1. The van der Waals surface area contributed by atoms with Gasteiger partial charge in [0.15, 0.2) is 0 Å². The summed E-state index contributed by atoms with van der Waals surface area (Å²) >= 11 is 5.79. The molecule has 94 valence electrons. The Labute approximate surface area is 113 Å². The van der Waals surface area contributed by atoms with E-state index in [1.165, 1.54) is 0 Å². The molecule has 0 unspecified atom stereocenters. The third kappa shape index (κ3) is 3.35. The highest BCUT2D eigenvalue weighted by Crippen LogP contribution is 2.14. The number of amides is 1. The highest BCUT2D eigenvalue weighted by Gasteiger charge is 2.23. The summed E-state index contributed by atoms with van der Waals surface area (Å²) in [6.45, 7) is 1.87. The number of nitrogens with zero attached hydrogens (tertiary/aromatic N) is 1. The van der Waals surface area contributed by atoms with E-state index in [0.29, 0.717) is 16.6 Å². The summed E-state index contributed by atoms with van der Waals surface area (Å²) in [7, 11) is 1.86. The van der Waals surface area contributed by atoms with Gasteiger partial charge in [0, 0.05) is 30.2 Å². The molecular weight excluding hydrogens is 259 g/mol. The Bertz CT molecular complexity index is 375. The fourth-order valence-corrected chi connectivity index (χ4v) is 2.06. The first kappa shape index (κ1) is 14.3. The van der Waals surface area contributed by atoms with Crippen molar-refractivity contribution in [2.75, 3.05) is 20.1 Å². The predicted octanol–water partition coefficient (Wildman–Crippen LogP) is 2.20. The van der Waals surface area contributed by atoms with Gasteiger partial charge in [-0.25, -0.2) is 0 Å². The van der Waals surface area contributed by atoms with E-state index in [1.807, 2.05) is 11.9 Å². The lowest BCUT2D eigenvalue weighted by molar-refractivity contribution is 0.0744. The summed E-state index contributed by atoms with van der Waals surface area (Å²) in [5, 5.41) is 3.91. The van der Waals surface area contributed by atoms with Crippen molar-refractivity contribution < 1.29 is 4.79 Å². The van der Waals surface area contributed by atoms with Crippen molar-refractivity contribution in [3.8, 4) is 0 Å². The number of carbonyl (C=O) groups is 1. The van der Waals surface area contributed by atoms with Crippen molar-refractivity contribution in [2.45, 2.75) is 12.5 Å². The predicted molar refractivity (Wildman–Crippen MR) is 72.1 cm³/mol. The molecule has 17 heavy (non-hydrogen) atoms. The molecular formula is C12H16Cl2N2O. The number of benzene rings is 1. The van der Waals surface area contributed by atoms with Crippen LogP contribution in [-0.4, -0.2) is 37.0 Å². The van der Waals surface area contributed by atoms with Gasteiger partial charge in [0.1, 0.15) is 0 Å². The Hall–Kier alpha value is -0.770. The smallest absolute Gasteiger partial charge is 0.253 e. The van der Waals surface area contributed by atoms with Crippen LogP contribution in [0, 0.1) is 0 Å². The summed E-state index contributed by atoms with van der Waals surface area (Å²) in [5.41, 5.74) is 0.693. The van der Waals surface area contributed by atoms with Crippen LogP contribution in [0.1, 0.15) is 16.8 Å². The second-order valence-electron chi connectivity index (χ2n) is 4.07. The van der Waals surface area contributed by atoms with Crippen LogP contribution in [0.4, 0.5) is 0 Å². The number of likely N-dealkylation sites (N-methyl/N-ethyl adjacent to an activating group) is 1. The van der Waals surface area contributed by atoms with Gasteiger partial charge in [0.05, 0.1) is 0 Å². The molecule has 1 aromatic carbocycles. The van der Waals surface area contributed by atoms with Gasteiger partial charge in [-0.1, -0.05) is 11.6 Å². The molecule has 0 aliphatic carbocycles. The van der Waals surface area contributed by atoms with E-state index >= 15 is 0 Å². The number of hydrogen-bond acceptors (Lipinski definition) is 2. The molecule has 1 N–H and O–H groups in total. The summed E-state index contributed by atoms with van der Waals surface area (Å²) in [6.07, 6.45) is 1.02. The van der Waals surface area contributed by atoms with Crippen molar-refractivity contribution in [1.82, 2.24) is 10.2 Å². The van der Waals surface area contributed by atoms with Gasteiger partial charge in [-0.2, -0.15) is 0 Å². The van der Waals surface area contributed by atoms with Gasteiger partial charge in [-0.05, 0) is 37.2 Å². The number of hydrogen-bond donors (Lipinski definition) is 1. The number of nitrogens with one attached hydrogen (secondary N) is 1. The van der Waals surface area contributed by atoms with E-state index in [-0.39, 0.29) is 18.3 Å². The van der Waals surface area contributed by atoms with Crippen LogP contribution in [-0.2, 0) is 0 Å². The van der Waals surface area contributed by atoms with E-state index in [0.717, 1.165) is 19.5 Å². The van der Waals surface area contributed by atoms with Crippen molar-refractivity contribution in [3.05, 3.63) is 34.9 Å². The molecule has 3 nitrogen and oxygen atoms in total. The first-order chi connectivity index (χ1) is 7.68. The highest BCUT2D eigenvalue weighted by molar-refractivity contribution is 6.30. The first-order valence-corrected chi connectivity index (χ1v) is 5.80. The van der Waals surface area contributed by atoms with Crippen LogP contribution < -0.4 is 5.32 Å². The Balaban J connectivity index is 0.00000144. The quantitative estimate of drug-likeness (QED) is 0.897. The van der Waals surface area contributed by atoms with Crippen molar-refractivity contribution in [1.29, 1.82) is 0 Å². The van der Waals surface area contributed by atoms with E-state index in [4.69, 9.17) is 11.6 Å². The lowest BCUT2D eigenvalue weighted by Gasteiger charge is -2.23. The first-order valence-electron chi connectivity index (χ1n) is 5.42. The molecule has 0 spiro atoms. The second kappa shape index (κ2) is 6.24. The van der Waals surface area contributed by atoms with Crippen LogP contribution in [0.5, 0.6) is 0 Å².